The number of pyridine rings is 1. The van der Waals surface area contributed by atoms with Gasteiger partial charge in [-0.3, -0.25) is 4.79 Å². The molecule has 1 aromatic heterocycles. The molecule has 3 nitrogen and oxygen atoms in total. The molecule has 1 unspecified atom stereocenters. The van der Waals surface area contributed by atoms with Crippen LogP contribution in [0.25, 0.3) is 22.0 Å². The van der Waals surface area contributed by atoms with Crippen LogP contribution in [0.3, 0.4) is 0 Å². The molecule has 1 saturated carbocycles. The maximum absolute atomic E-state index is 11.4. The van der Waals surface area contributed by atoms with Crippen LogP contribution in [0.1, 0.15) is 64.9 Å². The molecule has 0 bridgehead atoms. The summed E-state index contributed by atoms with van der Waals surface area (Å²) >= 11 is 0. The predicted molar refractivity (Wildman–Crippen MR) is 131 cm³/mol. The van der Waals surface area contributed by atoms with Crippen LogP contribution in [0.5, 0.6) is 0 Å². The molecule has 1 radical (unpaired) electrons. The Hall–Kier alpha value is -2.29. The molecule has 1 fully saturated rings. The van der Waals surface area contributed by atoms with Gasteiger partial charge in [-0.25, -0.2) is 0 Å². The van der Waals surface area contributed by atoms with Gasteiger partial charge < -0.3 is 10.1 Å². The van der Waals surface area contributed by atoms with E-state index < -0.39 is 0 Å². The van der Waals surface area contributed by atoms with E-state index in [-0.39, 0.29) is 31.3 Å². The number of rotatable bonds is 1. The molecular formula is C29H32IrNO2-. The van der Waals surface area contributed by atoms with Crippen molar-refractivity contribution in [2.75, 3.05) is 0 Å². The summed E-state index contributed by atoms with van der Waals surface area (Å²) in [7, 11) is 0. The minimum Gasteiger partial charge on any atom is -0.512 e. The molecule has 2 aromatic carbocycles. The van der Waals surface area contributed by atoms with Gasteiger partial charge in [0.15, 0.2) is 5.78 Å². The van der Waals surface area contributed by atoms with Gasteiger partial charge in [0, 0.05) is 44.7 Å². The van der Waals surface area contributed by atoms with E-state index in [2.05, 4.69) is 62.2 Å². The average Bonchev–Trinajstić information content (AvgIpc) is 2.79. The predicted octanol–water partition coefficient (Wildman–Crippen LogP) is 7.35. The number of ketones is 1. The van der Waals surface area contributed by atoms with Gasteiger partial charge in [0.05, 0.1) is 5.76 Å². The fourth-order valence-electron chi connectivity index (χ4n) is 4.75. The zero-order chi connectivity index (χ0) is 22.7. The number of carbonyl (C=O) groups is 1. The first-order valence-corrected chi connectivity index (χ1v) is 11.7. The molecule has 1 atom stereocenters. The molecule has 0 aliphatic heterocycles. The number of aromatic nitrogens is 1. The van der Waals surface area contributed by atoms with Crippen LogP contribution in [0.4, 0.5) is 0 Å². The van der Waals surface area contributed by atoms with Crippen molar-refractivity contribution < 1.29 is 30.0 Å². The van der Waals surface area contributed by atoms with Gasteiger partial charge in [0.25, 0.3) is 0 Å². The van der Waals surface area contributed by atoms with E-state index in [0.29, 0.717) is 18.1 Å². The van der Waals surface area contributed by atoms with Crippen LogP contribution >= 0.6 is 0 Å². The second-order valence-electron chi connectivity index (χ2n) is 9.89. The fourth-order valence-corrected chi connectivity index (χ4v) is 4.75. The smallest absolute Gasteiger partial charge is 0.162 e. The standard InChI is InChI=1S/C19H18N.C10H14O2.Ir/c1-19(2,3)16-9-10-17-15(13-16)11-12-20-18(17)14-7-5-4-6-8-14;11-8-5-1-3-7-4-2-6-9(12)10(7)8;/h4-7,9-13H,1-3H3;7,11H,1-6H2;/q-1;;. The monoisotopic (exact) mass is 619 g/mol. The summed E-state index contributed by atoms with van der Waals surface area (Å²) in [4.78, 5) is 16.0. The third kappa shape index (κ3) is 5.80. The second kappa shape index (κ2) is 10.8. The molecule has 4 heteroatoms. The molecule has 2 aliphatic rings. The van der Waals surface area contributed by atoms with Gasteiger partial charge in [-0.15, -0.1) is 35.9 Å². The molecule has 33 heavy (non-hydrogen) atoms. The van der Waals surface area contributed by atoms with Gasteiger partial charge in [0.2, 0.25) is 0 Å². The van der Waals surface area contributed by atoms with Crippen LogP contribution in [0.15, 0.2) is 66.1 Å². The molecule has 1 N–H and O–H groups in total. The number of Topliss-reactive ketones (excluding diaryl/α,β-unsaturated/α-hetero) is 1. The van der Waals surface area contributed by atoms with E-state index in [0.717, 1.165) is 48.9 Å². The van der Waals surface area contributed by atoms with Gasteiger partial charge >= 0.3 is 0 Å². The van der Waals surface area contributed by atoms with Gasteiger partial charge in [-0.1, -0.05) is 39.0 Å². The van der Waals surface area contributed by atoms with Crippen molar-refractivity contribution in [2.45, 2.75) is 64.7 Å². The maximum Gasteiger partial charge on any atom is 0.162 e. The molecule has 175 valence electrons. The number of fused-ring (bicyclic) bond motifs is 2. The molecule has 0 saturated heterocycles. The fraction of sp³-hybridized carbons (Fsp3) is 0.379. The van der Waals surface area contributed by atoms with E-state index in [9.17, 15) is 9.90 Å². The third-order valence-corrected chi connectivity index (χ3v) is 6.54. The second-order valence-corrected chi connectivity index (χ2v) is 9.89. The molecule has 0 spiro atoms. The van der Waals surface area contributed by atoms with Crippen molar-refractivity contribution in [2.24, 2.45) is 5.92 Å². The Morgan fingerprint density at radius 3 is 2.45 bits per heavy atom. The van der Waals surface area contributed by atoms with Crippen LogP contribution in [0, 0.1) is 12.0 Å². The number of benzene rings is 2. The van der Waals surface area contributed by atoms with Gasteiger partial charge in [0.1, 0.15) is 0 Å². The summed E-state index contributed by atoms with van der Waals surface area (Å²) < 4.78 is 0. The zero-order valence-corrected chi connectivity index (χ0v) is 22.0. The molecule has 5 rings (SSSR count). The summed E-state index contributed by atoms with van der Waals surface area (Å²) in [6, 6.07) is 20.0. The van der Waals surface area contributed by atoms with E-state index >= 15 is 0 Å². The Labute approximate surface area is 210 Å². The summed E-state index contributed by atoms with van der Waals surface area (Å²) in [6.45, 7) is 6.71. The zero-order valence-electron chi connectivity index (χ0n) is 19.7. The van der Waals surface area contributed by atoms with Gasteiger partial charge in [-0.2, -0.15) is 0 Å². The number of aliphatic hydroxyl groups is 1. The number of carbonyl (C=O) groups excluding carboxylic acids is 1. The van der Waals surface area contributed by atoms with Crippen molar-refractivity contribution in [1.82, 2.24) is 4.98 Å². The summed E-state index contributed by atoms with van der Waals surface area (Å²) in [5.74, 6) is 0.972. The summed E-state index contributed by atoms with van der Waals surface area (Å²) in [5.41, 5.74) is 4.33. The first-order valence-electron chi connectivity index (χ1n) is 11.7. The van der Waals surface area contributed by atoms with Crippen LogP contribution < -0.4 is 0 Å². The third-order valence-electron chi connectivity index (χ3n) is 6.54. The van der Waals surface area contributed by atoms with Crippen molar-refractivity contribution in [3.63, 3.8) is 0 Å². The summed E-state index contributed by atoms with van der Waals surface area (Å²) in [6.07, 6.45) is 7.52. The number of hydrogen-bond donors (Lipinski definition) is 1. The molecule has 2 aliphatic carbocycles. The number of hydrogen-bond acceptors (Lipinski definition) is 3. The maximum atomic E-state index is 11.4. The van der Waals surface area contributed by atoms with Crippen molar-refractivity contribution >= 4 is 16.6 Å². The van der Waals surface area contributed by atoms with Gasteiger partial charge in [-0.05, 0) is 65.1 Å². The number of allylic oxidation sites excluding steroid dienone is 2. The largest absolute Gasteiger partial charge is 0.512 e. The SMILES string of the molecule is CC(C)(C)c1ccc2c(-c3[c-]cccc3)nccc2c1.O=C1CCCC2CCCC(O)=C12.[Ir]. The van der Waals surface area contributed by atoms with Crippen LogP contribution in [-0.4, -0.2) is 15.9 Å². The molecule has 0 amide bonds. The molecule has 3 aromatic rings. The van der Waals surface area contributed by atoms with E-state index in [1.807, 2.05) is 24.4 Å². The van der Waals surface area contributed by atoms with Crippen LogP contribution in [0.2, 0.25) is 0 Å². The quantitative estimate of drug-likeness (QED) is 0.290. The Morgan fingerprint density at radius 1 is 1.03 bits per heavy atom. The molecule has 1 heterocycles. The normalized spacial score (nSPS) is 18.2. The number of nitrogens with zero attached hydrogens (tertiary/aromatic N) is 1. The van der Waals surface area contributed by atoms with E-state index in [1.54, 1.807) is 0 Å². The first-order chi connectivity index (χ1) is 15.3. The first kappa shape index (κ1) is 25.3. The number of aliphatic hydroxyl groups excluding tert-OH is 1. The van der Waals surface area contributed by atoms with E-state index in [1.165, 1.54) is 16.3 Å². The Morgan fingerprint density at radius 2 is 1.79 bits per heavy atom. The minimum absolute atomic E-state index is 0. The Balaban J connectivity index is 0.000000202. The topological polar surface area (TPSA) is 50.2 Å². The average molecular weight is 619 g/mol. The Bertz CT molecular complexity index is 1150. The molecular weight excluding hydrogens is 587 g/mol. The van der Waals surface area contributed by atoms with Crippen LogP contribution in [-0.2, 0) is 30.3 Å². The van der Waals surface area contributed by atoms with Crippen molar-refractivity contribution in [3.8, 4) is 11.3 Å². The summed E-state index contributed by atoms with van der Waals surface area (Å²) in [5, 5.41) is 12.0. The van der Waals surface area contributed by atoms with Crippen molar-refractivity contribution in [3.05, 3.63) is 77.7 Å². The van der Waals surface area contributed by atoms with Crippen molar-refractivity contribution in [1.29, 1.82) is 0 Å². The van der Waals surface area contributed by atoms with E-state index in [4.69, 9.17) is 0 Å². The minimum atomic E-state index is 0. The Kier molecular flexibility index (Phi) is 8.26.